The molecule has 0 aromatic rings. The van der Waals surface area contributed by atoms with Crippen molar-refractivity contribution >= 4 is 12.0 Å². The zero-order chi connectivity index (χ0) is 11.6. The molecule has 1 fully saturated rings. The summed E-state index contributed by atoms with van der Waals surface area (Å²) in [6, 6.07) is -1.27. The van der Waals surface area contributed by atoms with E-state index in [-0.39, 0.29) is 13.0 Å². The number of alkyl halides is 2. The molecule has 0 spiro atoms. The van der Waals surface area contributed by atoms with E-state index in [0.717, 1.165) is 6.92 Å². The second kappa shape index (κ2) is 4.00. The van der Waals surface area contributed by atoms with Crippen LogP contribution < -0.4 is 5.32 Å². The predicted molar refractivity (Wildman–Crippen MR) is 46.8 cm³/mol. The number of amides is 2. The molecule has 1 aliphatic heterocycles. The summed E-state index contributed by atoms with van der Waals surface area (Å²) >= 11 is 0. The molecule has 0 bridgehead atoms. The molecule has 1 aliphatic rings. The standard InChI is InChI=1S/C8H12F2N2O3/c1-5(13)11-6-2-3-12(7(14)15)4-8(6,9)10/h6H,2-4H2,1H3,(H,11,13)(H,14,15). The summed E-state index contributed by atoms with van der Waals surface area (Å²) in [5.74, 6) is -3.74. The van der Waals surface area contributed by atoms with Gasteiger partial charge in [0.25, 0.3) is 5.92 Å². The maximum atomic E-state index is 13.3. The van der Waals surface area contributed by atoms with Crippen molar-refractivity contribution in [1.29, 1.82) is 0 Å². The summed E-state index contributed by atoms with van der Waals surface area (Å²) < 4.78 is 26.6. The number of hydrogen-bond donors (Lipinski definition) is 2. The molecule has 2 amide bonds. The number of nitrogens with zero attached hydrogens (tertiary/aromatic N) is 1. The van der Waals surface area contributed by atoms with Crippen LogP contribution in [0.2, 0.25) is 0 Å². The van der Waals surface area contributed by atoms with Gasteiger partial charge >= 0.3 is 6.09 Å². The van der Waals surface area contributed by atoms with E-state index in [1.54, 1.807) is 0 Å². The van der Waals surface area contributed by atoms with Gasteiger partial charge < -0.3 is 15.3 Å². The molecule has 86 valence electrons. The first-order valence-corrected chi connectivity index (χ1v) is 4.46. The third-order valence-corrected chi connectivity index (χ3v) is 2.25. The van der Waals surface area contributed by atoms with Crippen LogP contribution in [0.15, 0.2) is 0 Å². The number of carbonyl (C=O) groups excluding carboxylic acids is 1. The average Bonchev–Trinajstić information content (AvgIpc) is 2.07. The Hall–Kier alpha value is -1.40. The van der Waals surface area contributed by atoms with Crippen LogP contribution in [-0.2, 0) is 4.79 Å². The molecule has 0 aromatic heterocycles. The zero-order valence-electron chi connectivity index (χ0n) is 8.17. The zero-order valence-corrected chi connectivity index (χ0v) is 8.17. The van der Waals surface area contributed by atoms with Crippen molar-refractivity contribution in [3.05, 3.63) is 0 Å². The van der Waals surface area contributed by atoms with Crippen LogP contribution in [0.25, 0.3) is 0 Å². The van der Waals surface area contributed by atoms with Crippen LogP contribution in [-0.4, -0.2) is 47.1 Å². The van der Waals surface area contributed by atoms with Crippen LogP contribution in [0.4, 0.5) is 13.6 Å². The molecule has 0 radical (unpaired) electrons. The summed E-state index contributed by atoms with van der Waals surface area (Å²) in [6.45, 7) is 0.294. The fourth-order valence-corrected chi connectivity index (χ4v) is 1.53. The van der Waals surface area contributed by atoms with Crippen molar-refractivity contribution in [3.63, 3.8) is 0 Å². The SMILES string of the molecule is CC(=O)NC1CCN(C(=O)O)CC1(F)F. The molecule has 0 aliphatic carbocycles. The van der Waals surface area contributed by atoms with Gasteiger partial charge in [-0.15, -0.1) is 0 Å². The molecule has 7 heteroatoms. The third kappa shape index (κ3) is 2.77. The van der Waals surface area contributed by atoms with Gasteiger partial charge in [-0.25, -0.2) is 13.6 Å². The van der Waals surface area contributed by atoms with E-state index in [0.29, 0.717) is 4.90 Å². The monoisotopic (exact) mass is 222 g/mol. The van der Waals surface area contributed by atoms with Crippen LogP contribution in [0.3, 0.4) is 0 Å². The van der Waals surface area contributed by atoms with Crippen LogP contribution in [0.5, 0.6) is 0 Å². The predicted octanol–water partition coefficient (Wildman–Crippen LogP) is 0.510. The van der Waals surface area contributed by atoms with Crippen molar-refractivity contribution in [2.45, 2.75) is 25.3 Å². The Labute approximate surface area is 85.0 Å². The summed E-state index contributed by atoms with van der Waals surface area (Å²) in [5.41, 5.74) is 0. The lowest BCUT2D eigenvalue weighted by Crippen LogP contribution is -2.58. The molecular formula is C8H12F2N2O3. The largest absolute Gasteiger partial charge is 0.465 e. The first-order valence-electron chi connectivity index (χ1n) is 4.46. The van der Waals surface area contributed by atoms with E-state index >= 15 is 0 Å². The highest BCUT2D eigenvalue weighted by atomic mass is 19.3. The van der Waals surface area contributed by atoms with Gasteiger partial charge in [-0.2, -0.15) is 0 Å². The number of carboxylic acid groups (broad SMARTS) is 1. The molecule has 1 atom stereocenters. The number of likely N-dealkylation sites (tertiary alicyclic amines) is 1. The lowest BCUT2D eigenvalue weighted by Gasteiger charge is -2.36. The van der Waals surface area contributed by atoms with Gasteiger partial charge in [0.15, 0.2) is 0 Å². The fraction of sp³-hybridized carbons (Fsp3) is 0.750. The minimum atomic E-state index is -3.21. The first kappa shape index (κ1) is 11.7. The highest BCUT2D eigenvalue weighted by molar-refractivity contribution is 5.73. The second-order valence-corrected chi connectivity index (χ2v) is 3.51. The molecular weight excluding hydrogens is 210 g/mol. The van der Waals surface area contributed by atoms with Crippen molar-refractivity contribution in [2.75, 3.05) is 13.1 Å². The second-order valence-electron chi connectivity index (χ2n) is 3.51. The summed E-state index contributed by atoms with van der Waals surface area (Å²) in [6.07, 6.45) is -1.44. The third-order valence-electron chi connectivity index (χ3n) is 2.25. The molecule has 5 nitrogen and oxygen atoms in total. The minimum absolute atomic E-state index is 0.00979. The molecule has 0 saturated carbocycles. The average molecular weight is 222 g/mol. The highest BCUT2D eigenvalue weighted by Gasteiger charge is 2.46. The topological polar surface area (TPSA) is 69.6 Å². The fourth-order valence-electron chi connectivity index (χ4n) is 1.53. The van der Waals surface area contributed by atoms with Crippen LogP contribution >= 0.6 is 0 Å². The van der Waals surface area contributed by atoms with Crippen molar-refractivity contribution in [3.8, 4) is 0 Å². The lowest BCUT2D eigenvalue weighted by atomic mass is 10.0. The van der Waals surface area contributed by atoms with Gasteiger partial charge in [-0.1, -0.05) is 0 Å². The molecule has 15 heavy (non-hydrogen) atoms. The maximum absolute atomic E-state index is 13.3. The Balaban J connectivity index is 2.66. The minimum Gasteiger partial charge on any atom is -0.465 e. The van der Waals surface area contributed by atoms with E-state index in [2.05, 4.69) is 5.32 Å². The normalized spacial score (nSPS) is 24.7. The Morgan fingerprint density at radius 3 is 2.53 bits per heavy atom. The van der Waals surface area contributed by atoms with Gasteiger partial charge in [0, 0.05) is 13.5 Å². The maximum Gasteiger partial charge on any atom is 0.407 e. The molecule has 1 heterocycles. The Bertz CT molecular complexity index is 283. The Morgan fingerprint density at radius 2 is 2.13 bits per heavy atom. The highest BCUT2D eigenvalue weighted by Crippen LogP contribution is 2.27. The van der Waals surface area contributed by atoms with E-state index < -0.39 is 30.5 Å². The van der Waals surface area contributed by atoms with Gasteiger partial charge in [-0.05, 0) is 6.42 Å². The number of piperidine rings is 1. The number of halogens is 2. The van der Waals surface area contributed by atoms with Crippen molar-refractivity contribution < 1.29 is 23.5 Å². The summed E-state index contributed by atoms with van der Waals surface area (Å²) in [7, 11) is 0. The lowest BCUT2D eigenvalue weighted by molar-refractivity contribution is -0.127. The molecule has 1 unspecified atom stereocenters. The van der Waals surface area contributed by atoms with E-state index in [1.165, 1.54) is 0 Å². The molecule has 2 N–H and O–H groups in total. The number of rotatable bonds is 1. The summed E-state index contributed by atoms with van der Waals surface area (Å²) in [4.78, 5) is 21.8. The summed E-state index contributed by atoms with van der Waals surface area (Å²) in [5, 5.41) is 10.7. The van der Waals surface area contributed by atoms with Crippen molar-refractivity contribution in [2.24, 2.45) is 0 Å². The number of carbonyl (C=O) groups is 2. The van der Waals surface area contributed by atoms with Crippen molar-refractivity contribution in [1.82, 2.24) is 10.2 Å². The molecule has 1 rings (SSSR count). The van der Waals surface area contributed by atoms with Gasteiger partial charge in [-0.3, -0.25) is 4.79 Å². The molecule has 1 saturated heterocycles. The van der Waals surface area contributed by atoms with Gasteiger partial charge in [0.1, 0.15) is 0 Å². The van der Waals surface area contributed by atoms with E-state index in [9.17, 15) is 18.4 Å². The Morgan fingerprint density at radius 1 is 1.53 bits per heavy atom. The first-order chi connectivity index (χ1) is 6.83. The van der Waals surface area contributed by atoms with Gasteiger partial charge in [0.2, 0.25) is 5.91 Å². The van der Waals surface area contributed by atoms with E-state index in [1.807, 2.05) is 0 Å². The van der Waals surface area contributed by atoms with Gasteiger partial charge in [0.05, 0.1) is 12.6 Å². The van der Waals surface area contributed by atoms with Crippen LogP contribution in [0, 0.1) is 0 Å². The number of hydrogen-bond acceptors (Lipinski definition) is 2. The van der Waals surface area contributed by atoms with Crippen LogP contribution in [0.1, 0.15) is 13.3 Å². The quantitative estimate of drug-likeness (QED) is 0.679. The number of nitrogens with one attached hydrogen (secondary N) is 1. The van der Waals surface area contributed by atoms with E-state index in [4.69, 9.17) is 5.11 Å². The smallest absolute Gasteiger partial charge is 0.407 e. The Kier molecular flexibility index (Phi) is 3.11. The molecule has 0 aromatic carbocycles.